The molecule has 0 atom stereocenters. The molecule has 0 saturated carbocycles. The quantitative estimate of drug-likeness (QED) is 0.697. The van der Waals surface area contributed by atoms with Crippen LogP contribution >= 0.6 is 11.3 Å². The van der Waals surface area contributed by atoms with Crippen molar-refractivity contribution in [1.82, 2.24) is 14.7 Å². The molecule has 0 fully saturated rings. The summed E-state index contributed by atoms with van der Waals surface area (Å²) in [4.78, 5) is 20.2. The molecule has 1 heterocycles. The van der Waals surface area contributed by atoms with Crippen molar-refractivity contribution in [2.45, 2.75) is 12.8 Å². The van der Waals surface area contributed by atoms with E-state index in [0.717, 1.165) is 49.3 Å². The lowest BCUT2D eigenvalue weighted by Gasteiger charge is -2.24. The Morgan fingerprint density at radius 3 is 2.04 bits per heavy atom. The van der Waals surface area contributed by atoms with E-state index in [2.05, 4.69) is 50.1 Å². The van der Waals surface area contributed by atoms with Crippen LogP contribution in [0.2, 0.25) is 0 Å². The molecule has 132 valence electrons. The van der Waals surface area contributed by atoms with E-state index < -0.39 is 0 Å². The van der Waals surface area contributed by atoms with Crippen molar-refractivity contribution in [3.8, 4) is 0 Å². The number of thiophene rings is 1. The molecule has 4 nitrogen and oxygen atoms in total. The average molecular weight is 348 g/mol. The SMILES string of the molecule is CN(C)CCCN(CCCN(C)C)C(=O)c1cc2ccccc2s1. The summed E-state index contributed by atoms with van der Waals surface area (Å²) in [6, 6.07) is 10.2. The summed E-state index contributed by atoms with van der Waals surface area (Å²) in [6.45, 7) is 3.64. The molecule has 1 aromatic carbocycles. The summed E-state index contributed by atoms with van der Waals surface area (Å²) in [5, 5.41) is 1.16. The molecule has 0 aliphatic heterocycles. The zero-order valence-corrected chi connectivity index (χ0v) is 16.1. The molecule has 0 radical (unpaired) electrons. The van der Waals surface area contributed by atoms with Crippen LogP contribution < -0.4 is 0 Å². The molecule has 0 saturated heterocycles. The number of amides is 1. The molecule has 2 aromatic rings. The summed E-state index contributed by atoms with van der Waals surface area (Å²) in [6.07, 6.45) is 2.01. The fraction of sp³-hybridized carbons (Fsp3) is 0.526. The van der Waals surface area contributed by atoms with Crippen molar-refractivity contribution >= 4 is 27.3 Å². The van der Waals surface area contributed by atoms with Gasteiger partial charge >= 0.3 is 0 Å². The fourth-order valence-corrected chi connectivity index (χ4v) is 3.74. The van der Waals surface area contributed by atoms with E-state index in [0.29, 0.717) is 0 Å². The predicted octanol–water partition coefficient (Wildman–Crippen LogP) is 3.25. The largest absolute Gasteiger partial charge is 0.338 e. The van der Waals surface area contributed by atoms with Gasteiger partial charge in [0.1, 0.15) is 0 Å². The van der Waals surface area contributed by atoms with E-state index in [1.807, 2.05) is 23.1 Å². The number of benzene rings is 1. The third-order valence-electron chi connectivity index (χ3n) is 3.99. The average Bonchev–Trinajstić information content (AvgIpc) is 2.96. The van der Waals surface area contributed by atoms with Gasteiger partial charge in [-0.05, 0) is 71.6 Å². The molecule has 0 aliphatic carbocycles. The molecular formula is C19H29N3OS. The number of carbonyl (C=O) groups is 1. The second-order valence-corrected chi connectivity index (χ2v) is 7.84. The summed E-state index contributed by atoms with van der Waals surface area (Å²) >= 11 is 1.60. The van der Waals surface area contributed by atoms with Gasteiger partial charge in [-0.25, -0.2) is 0 Å². The van der Waals surface area contributed by atoms with Crippen molar-refractivity contribution in [3.05, 3.63) is 35.2 Å². The van der Waals surface area contributed by atoms with Gasteiger partial charge in [-0.1, -0.05) is 18.2 Å². The van der Waals surface area contributed by atoms with Crippen molar-refractivity contribution in [2.24, 2.45) is 0 Å². The van der Waals surface area contributed by atoms with Crippen LogP contribution in [-0.2, 0) is 0 Å². The molecule has 24 heavy (non-hydrogen) atoms. The van der Waals surface area contributed by atoms with Crippen LogP contribution in [-0.4, -0.2) is 75.0 Å². The summed E-state index contributed by atoms with van der Waals surface area (Å²) in [5.41, 5.74) is 0. The van der Waals surface area contributed by atoms with Crippen LogP contribution in [0.5, 0.6) is 0 Å². The lowest BCUT2D eigenvalue weighted by Crippen LogP contribution is -2.35. The van der Waals surface area contributed by atoms with Gasteiger partial charge in [0.15, 0.2) is 0 Å². The first-order chi connectivity index (χ1) is 11.5. The number of carbonyl (C=O) groups excluding carboxylic acids is 1. The van der Waals surface area contributed by atoms with Crippen molar-refractivity contribution in [2.75, 3.05) is 54.4 Å². The van der Waals surface area contributed by atoms with Crippen LogP contribution in [0, 0.1) is 0 Å². The highest BCUT2D eigenvalue weighted by molar-refractivity contribution is 7.20. The number of hydrogen-bond donors (Lipinski definition) is 0. The summed E-state index contributed by atoms with van der Waals surface area (Å²) in [7, 11) is 8.29. The van der Waals surface area contributed by atoms with Crippen molar-refractivity contribution in [3.63, 3.8) is 0 Å². The van der Waals surface area contributed by atoms with Crippen molar-refractivity contribution in [1.29, 1.82) is 0 Å². The number of fused-ring (bicyclic) bond motifs is 1. The van der Waals surface area contributed by atoms with E-state index in [9.17, 15) is 4.79 Å². The Morgan fingerprint density at radius 2 is 1.50 bits per heavy atom. The van der Waals surface area contributed by atoms with Gasteiger partial charge in [0.2, 0.25) is 0 Å². The maximum atomic E-state index is 13.0. The van der Waals surface area contributed by atoms with Crippen LogP contribution in [0.4, 0.5) is 0 Å². The van der Waals surface area contributed by atoms with Gasteiger partial charge in [0, 0.05) is 17.8 Å². The van der Waals surface area contributed by atoms with E-state index in [4.69, 9.17) is 0 Å². The third kappa shape index (κ3) is 5.58. The van der Waals surface area contributed by atoms with Crippen LogP contribution in [0.3, 0.4) is 0 Å². The maximum absolute atomic E-state index is 13.0. The van der Waals surface area contributed by atoms with Crippen LogP contribution in [0.15, 0.2) is 30.3 Å². The Bertz CT molecular complexity index is 604. The van der Waals surface area contributed by atoms with Gasteiger partial charge in [0.25, 0.3) is 5.91 Å². The second-order valence-electron chi connectivity index (χ2n) is 6.75. The van der Waals surface area contributed by atoms with E-state index >= 15 is 0 Å². The standard InChI is InChI=1S/C19H29N3OS/c1-20(2)11-7-13-22(14-8-12-21(3)4)19(23)18-15-16-9-5-6-10-17(16)24-18/h5-6,9-10,15H,7-8,11-14H2,1-4H3. The van der Waals surface area contributed by atoms with E-state index in [1.165, 1.54) is 4.70 Å². The zero-order chi connectivity index (χ0) is 17.5. The van der Waals surface area contributed by atoms with Gasteiger partial charge in [0.05, 0.1) is 4.88 Å². The first-order valence-electron chi connectivity index (χ1n) is 8.54. The monoisotopic (exact) mass is 347 g/mol. The molecule has 0 N–H and O–H groups in total. The second kappa shape index (κ2) is 9.16. The maximum Gasteiger partial charge on any atom is 0.263 e. The Morgan fingerprint density at radius 1 is 0.917 bits per heavy atom. The van der Waals surface area contributed by atoms with Crippen LogP contribution in [0.1, 0.15) is 22.5 Å². The summed E-state index contributed by atoms with van der Waals surface area (Å²) in [5.74, 6) is 0.175. The fourth-order valence-electron chi connectivity index (χ4n) is 2.71. The number of hydrogen-bond acceptors (Lipinski definition) is 4. The molecule has 1 aromatic heterocycles. The Hall–Kier alpha value is -1.43. The summed E-state index contributed by atoms with van der Waals surface area (Å²) < 4.78 is 1.18. The molecule has 0 bridgehead atoms. The topological polar surface area (TPSA) is 26.8 Å². The number of rotatable bonds is 9. The highest BCUT2D eigenvalue weighted by Crippen LogP contribution is 2.26. The molecule has 0 unspecified atom stereocenters. The minimum absolute atomic E-state index is 0.175. The Kier molecular flexibility index (Phi) is 7.21. The lowest BCUT2D eigenvalue weighted by atomic mass is 10.2. The zero-order valence-electron chi connectivity index (χ0n) is 15.3. The molecule has 2 rings (SSSR count). The minimum Gasteiger partial charge on any atom is -0.338 e. The van der Waals surface area contributed by atoms with Gasteiger partial charge in [-0.3, -0.25) is 4.79 Å². The molecule has 0 aliphatic rings. The highest BCUT2D eigenvalue weighted by Gasteiger charge is 2.18. The molecule has 1 amide bonds. The third-order valence-corrected chi connectivity index (χ3v) is 5.09. The van der Waals surface area contributed by atoms with E-state index in [1.54, 1.807) is 11.3 Å². The van der Waals surface area contributed by atoms with Gasteiger partial charge < -0.3 is 14.7 Å². The first kappa shape index (κ1) is 18.9. The molecule has 5 heteroatoms. The molecule has 0 spiro atoms. The highest BCUT2D eigenvalue weighted by atomic mass is 32.1. The van der Waals surface area contributed by atoms with Gasteiger partial charge in [-0.2, -0.15) is 0 Å². The van der Waals surface area contributed by atoms with E-state index in [-0.39, 0.29) is 5.91 Å². The van der Waals surface area contributed by atoms with Crippen molar-refractivity contribution < 1.29 is 4.79 Å². The smallest absolute Gasteiger partial charge is 0.263 e. The predicted molar refractivity (Wildman–Crippen MR) is 104 cm³/mol. The minimum atomic E-state index is 0.175. The lowest BCUT2D eigenvalue weighted by molar-refractivity contribution is 0.0749. The number of nitrogens with zero attached hydrogens (tertiary/aromatic N) is 3. The van der Waals surface area contributed by atoms with Crippen LogP contribution in [0.25, 0.3) is 10.1 Å². The Labute approximate surface area is 149 Å². The molecular weight excluding hydrogens is 318 g/mol. The first-order valence-corrected chi connectivity index (χ1v) is 9.36. The van der Waals surface area contributed by atoms with Gasteiger partial charge in [-0.15, -0.1) is 11.3 Å². The normalized spacial score (nSPS) is 11.6. The Balaban J connectivity index is 2.06.